The number of benzene rings is 1. The van der Waals surface area contributed by atoms with Crippen molar-refractivity contribution in [2.45, 2.75) is 31.7 Å². The summed E-state index contributed by atoms with van der Waals surface area (Å²) < 4.78 is 0. The van der Waals surface area contributed by atoms with Crippen molar-refractivity contribution in [1.82, 2.24) is 10.2 Å². The number of urea groups is 1. The van der Waals surface area contributed by atoms with E-state index >= 15 is 0 Å². The first-order chi connectivity index (χ1) is 11.0. The van der Waals surface area contributed by atoms with Gasteiger partial charge in [-0.1, -0.05) is 6.07 Å². The maximum absolute atomic E-state index is 12.3. The number of aliphatic carboxylic acids is 1. The minimum Gasteiger partial charge on any atom is -0.481 e. The molecule has 0 unspecified atom stereocenters. The van der Waals surface area contributed by atoms with E-state index in [-0.39, 0.29) is 24.4 Å². The van der Waals surface area contributed by atoms with E-state index in [0.717, 1.165) is 12.8 Å². The molecule has 1 aromatic carbocycles. The highest BCUT2D eigenvalue weighted by Crippen LogP contribution is 2.19. The number of nitrogens with zero attached hydrogens (tertiary/aromatic N) is 1. The summed E-state index contributed by atoms with van der Waals surface area (Å²) in [6.45, 7) is 0.366. The molecule has 23 heavy (non-hydrogen) atoms. The number of amides is 3. The zero-order chi connectivity index (χ0) is 16.8. The van der Waals surface area contributed by atoms with Crippen LogP contribution < -0.4 is 10.6 Å². The first-order valence-corrected chi connectivity index (χ1v) is 7.60. The van der Waals surface area contributed by atoms with Gasteiger partial charge in [0.05, 0.1) is 0 Å². The maximum Gasteiger partial charge on any atom is 0.319 e. The molecule has 0 aliphatic heterocycles. The fraction of sp³-hybridized carbons (Fsp3) is 0.438. The quantitative estimate of drug-likeness (QED) is 0.715. The summed E-state index contributed by atoms with van der Waals surface area (Å²) in [6.07, 6.45) is 2.44. The number of nitrogens with one attached hydrogen (secondary N) is 2. The van der Waals surface area contributed by atoms with Crippen LogP contribution >= 0.6 is 0 Å². The van der Waals surface area contributed by atoms with Gasteiger partial charge in [0.1, 0.15) is 0 Å². The van der Waals surface area contributed by atoms with Crippen LogP contribution in [0.3, 0.4) is 0 Å². The SMILES string of the molecule is CN(CCCC(=O)O)C(=O)c1cccc(NC(=O)NC2CC2)c1. The van der Waals surface area contributed by atoms with E-state index in [2.05, 4.69) is 10.6 Å². The zero-order valence-corrected chi connectivity index (χ0v) is 13.0. The van der Waals surface area contributed by atoms with E-state index in [4.69, 9.17) is 5.11 Å². The monoisotopic (exact) mass is 319 g/mol. The van der Waals surface area contributed by atoms with Crippen LogP contribution in [-0.2, 0) is 4.79 Å². The van der Waals surface area contributed by atoms with Gasteiger partial charge in [-0.3, -0.25) is 9.59 Å². The number of rotatable bonds is 7. The van der Waals surface area contributed by atoms with Gasteiger partial charge in [0.2, 0.25) is 0 Å². The first-order valence-electron chi connectivity index (χ1n) is 7.60. The van der Waals surface area contributed by atoms with Gasteiger partial charge < -0.3 is 20.6 Å². The molecule has 0 atom stereocenters. The molecule has 1 aliphatic rings. The summed E-state index contributed by atoms with van der Waals surface area (Å²) in [4.78, 5) is 36.0. The van der Waals surface area contributed by atoms with E-state index in [9.17, 15) is 14.4 Å². The molecule has 0 radical (unpaired) electrons. The van der Waals surface area contributed by atoms with Crippen LogP contribution in [0.4, 0.5) is 10.5 Å². The van der Waals surface area contributed by atoms with Crippen molar-refractivity contribution in [2.75, 3.05) is 18.9 Å². The third-order valence-corrected chi connectivity index (χ3v) is 3.51. The largest absolute Gasteiger partial charge is 0.481 e. The van der Waals surface area contributed by atoms with Crippen LogP contribution in [0.2, 0.25) is 0 Å². The lowest BCUT2D eigenvalue weighted by atomic mass is 10.1. The summed E-state index contributed by atoms with van der Waals surface area (Å²) in [5, 5.41) is 14.1. The van der Waals surface area contributed by atoms with Crippen molar-refractivity contribution in [1.29, 1.82) is 0 Å². The molecular formula is C16H21N3O4. The predicted molar refractivity (Wildman–Crippen MR) is 85.4 cm³/mol. The second-order valence-electron chi connectivity index (χ2n) is 5.68. The predicted octanol–water partition coefficient (Wildman–Crippen LogP) is 1.91. The Balaban J connectivity index is 1.90. The van der Waals surface area contributed by atoms with Gasteiger partial charge in [-0.05, 0) is 37.5 Å². The van der Waals surface area contributed by atoms with Crippen molar-refractivity contribution in [3.8, 4) is 0 Å². The highest BCUT2D eigenvalue weighted by atomic mass is 16.4. The van der Waals surface area contributed by atoms with E-state index in [1.165, 1.54) is 4.90 Å². The van der Waals surface area contributed by atoms with Gasteiger partial charge in [0.15, 0.2) is 0 Å². The van der Waals surface area contributed by atoms with E-state index in [1.807, 2.05) is 0 Å². The Morgan fingerprint density at radius 2 is 2.04 bits per heavy atom. The topological polar surface area (TPSA) is 98.7 Å². The molecular weight excluding hydrogens is 298 g/mol. The Hall–Kier alpha value is -2.57. The second kappa shape index (κ2) is 7.62. The van der Waals surface area contributed by atoms with E-state index < -0.39 is 5.97 Å². The van der Waals surface area contributed by atoms with Gasteiger partial charge in [-0.25, -0.2) is 4.79 Å². The minimum atomic E-state index is -0.876. The Bertz CT molecular complexity index is 599. The standard InChI is InChI=1S/C16H21N3O4/c1-19(9-3-6-14(20)21)15(22)11-4-2-5-13(10-11)18-16(23)17-12-7-8-12/h2,4-5,10,12H,3,6-9H2,1H3,(H,20,21)(H2,17,18,23). The molecule has 0 saturated heterocycles. The number of anilines is 1. The molecule has 3 amide bonds. The minimum absolute atomic E-state index is 0.0283. The van der Waals surface area contributed by atoms with Crippen molar-refractivity contribution < 1.29 is 19.5 Å². The fourth-order valence-electron chi connectivity index (χ4n) is 2.10. The summed E-state index contributed by atoms with van der Waals surface area (Å²) >= 11 is 0. The van der Waals surface area contributed by atoms with E-state index in [1.54, 1.807) is 31.3 Å². The van der Waals surface area contributed by atoms with Gasteiger partial charge in [0.25, 0.3) is 5.91 Å². The number of carboxylic acids is 1. The van der Waals surface area contributed by atoms with Crippen molar-refractivity contribution in [2.24, 2.45) is 0 Å². The molecule has 1 aliphatic carbocycles. The Morgan fingerprint density at radius 3 is 2.70 bits per heavy atom. The lowest BCUT2D eigenvalue weighted by Crippen LogP contribution is -2.31. The number of carbonyl (C=O) groups excluding carboxylic acids is 2. The average molecular weight is 319 g/mol. The summed E-state index contributed by atoms with van der Waals surface area (Å²) in [5.74, 6) is -1.08. The molecule has 7 heteroatoms. The van der Waals surface area contributed by atoms with Crippen LogP contribution in [0, 0.1) is 0 Å². The molecule has 0 heterocycles. The Morgan fingerprint density at radius 1 is 1.30 bits per heavy atom. The molecule has 0 bridgehead atoms. The number of carboxylic acid groups (broad SMARTS) is 1. The maximum atomic E-state index is 12.3. The first kappa shape index (κ1) is 16.8. The van der Waals surface area contributed by atoms with E-state index in [0.29, 0.717) is 24.2 Å². The van der Waals surface area contributed by atoms with Crippen LogP contribution in [-0.4, -0.2) is 47.5 Å². The third-order valence-electron chi connectivity index (χ3n) is 3.51. The van der Waals surface area contributed by atoms with Crippen LogP contribution in [0.25, 0.3) is 0 Å². The molecule has 0 spiro atoms. The highest BCUT2D eigenvalue weighted by Gasteiger charge is 2.23. The van der Waals surface area contributed by atoms with Crippen molar-refractivity contribution >= 4 is 23.6 Å². The highest BCUT2D eigenvalue weighted by molar-refractivity contribution is 5.96. The third kappa shape index (κ3) is 5.61. The number of hydrogen-bond donors (Lipinski definition) is 3. The lowest BCUT2D eigenvalue weighted by molar-refractivity contribution is -0.137. The molecule has 1 fully saturated rings. The molecule has 7 nitrogen and oxygen atoms in total. The molecule has 0 aromatic heterocycles. The lowest BCUT2D eigenvalue weighted by Gasteiger charge is -2.17. The van der Waals surface area contributed by atoms with Crippen molar-refractivity contribution in [3.63, 3.8) is 0 Å². The summed E-state index contributed by atoms with van der Waals surface area (Å²) in [6, 6.07) is 6.69. The molecule has 1 saturated carbocycles. The number of hydrogen-bond acceptors (Lipinski definition) is 3. The second-order valence-corrected chi connectivity index (χ2v) is 5.68. The summed E-state index contributed by atoms with van der Waals surface area (Å²) in [5.41, 5.74) is 1.000. The number of carbonyl (C=O) groups is 3. The molecule has 1 aromatic rings. The van der Waals surface area contributed by atoms with Gasteiger partial charge >= 0.3 is 12.0 Å². The Kier molecular flexibility index (Phi) is 5.56. The average Bonchev–Trinajstić information content (AvgIpc) is 3.30. The van der Waals surface area contributed by atoms with Gasteiger partial charge in [-0.2, -0.15) is 0 Å². The Labute approximate surface area is 134 Å². The molecule has 3 N–H and O–H groups in total. The molecule has 2 rings (SSSR count). The van der Waals surface area contributed by atoms with Gasteiger partial charge in [0, 0.05) is 37.3 Å². The fourth-order valence-corrected chi connectivity index (χ4v) is 2.10. The van der Waals surface area contributed by atoms with Gasteiger partial charge in [-0.15, -0.1) is 0 Å². The van der Waals surface area contributed by atoms with Crippen LogP contribution in [0.15, 0.2) is 24.3 Å². The smallest absolute Gasteiger partial charge is 0.319 e. The molecule has 124 valence electrons. The zero-order valence-electron chi connectivity index (χ0n) is 13.0. The van der Waals surface area contributed by atoms with Crippen LogP contribution in [0.5, 0.6) is 0 Å². The van der Waals surface area contributed by atoms with Crippen molar-refractivity contribution in [3.05, 3.63) is 29.8 Å². The van der Waals surface area contributed by atoms with Crippen LogP contribution in [0.1, 0.15) is 36.0 Å². The summed E-state index contributed by atoms with van der Waals surface area (Å²) in [7, 11) is 1.63. The normalized spacial score (nSPS) is 13.3.